The van der Waals surface area contributed by atoms with Crippen LogP contribution in [0.2, 0.25) is 0 Å². The van der Waals surface area contributed by atoms with E-state index < -0.39 is 36.5 Å². The van der Waals surface area contributed by atoms with Gasteiger partial charge in [-0.1, -0.05) is 38.5 Å². The predicted octanol–water partition coefficient (Wildman–Crippen LogP) is 6.55. The first-order valence-electron chi connectivity index (χ1n) is 14.9. The average molecular weight is 554 g/mol. The Morgan fingerprint density at radius 2 is 1.26 bits per heavy atom. The Balaban J connectivity index is 1.33. The first kappa shape index (κ1) is 29.9. The Kier molecular flexibility index (Phi) is 10.3. The van der Waals surface area contributed by atoms with Crippen LogP contribution in [-0.2, 0) is 4.79 Å². The SMILES string of the molecule is O=C(NCCC1CC(C(F)(F)F)CC(C(F)(F)F)C1)C(C1CCCCC1)N1CCN(C2CCCCC2)CC1. The van der Waals surface area contributed by atoms with Crippen molar-refractivity contribution in [2.75, 3.05) is 32.7 Å². The van der Waals surface area contributed by atoms with Crippen LogP contribution in [0.3, 0.4) is 0 Å². The van der Waals surface area contributed by atoms with Crippen molar-refractivity contribution in [1.29, 1.82) is 0 Å². The largest absolute Gasteiger partial charge is 0.391 e. The lowest BCUT2D eigenvalue weighted by Crippen LogP contribution is -2.59. The van der Waals surface area contributed by atoms with Gasteiger partial charge in [-0.2, -0.15) is 26.3 Å². The predicted molar refractivity (Wildman–Crippen MR) is 134 cm³/mol. The number of carbonyl (C=O) groups excluding carboxylic acids is 1. The van der Waals surface area contributed by atoms with E-state index in [0.29, 0.717) is 6.04 Å². The molecule has 3 atom stereocenters. The second kappa shape index (κ2) is 13.1. The number of carbonyl (C=O) groups is 1. The van der Waals surface area contributed by atoms with E-state index in [-0.39, 0.29) is 43.7 Å². The standard InChI is InChI=1S/C28H45F6N3O/c29-27(30,31)22-17-20(18-23(19-22)28(32,33)34)11-12-35-26(38)25(21-7-3-1-4-8-21)37-15-13-36(14-16-37)24-9-5-2-6-10-24/h20-25H,1-19H2,(H,35,38). The molecule has 220 valence electrons. The summed E-state index contributed by atoms with van der Waals surface area (Å²) in [5.41, 5.74) is 0. The van der Waals surface area contributed by atoms with E-state index in [4.69, 9.17) is 0 Å². The molecule has 4 nitrogen and oxygen atoms in total. The van der Waals surface area contributed by atoms with Crippen LogP contribution in [0.5, 0.6) is 0 Å². The molecule has 4 rings (SSSR count). The van der Waals surface area contributed by atoms with Crippen LogP contribution in [0.25, 0.3) is 0 Å². The maximum Gasteiger partial charge on any atom is 0.391 e. The third-order valence-electron chi connectivity index (χ3n) is 9.78. The first-order chi connectivity index (χ1) is 18.0. The molecule has 0 aromatic rings. The average Bonchev–Trinajstić information content (AvgIpc) is 2.89. The van der Waals surface area contributed by atoms with E-state index in [2.05, 4.69) is 15.1 Å². The highest BCUT2D eigenvalue weighted by Crippen LogP contribution is 2.48. The van der Waals surface area contributed by atoms with Gasteiger partial charge in [0.2, 0.25) is 5.91 Å². The van der Waals surface area contributed by atoms with E-state index in [9.17, 15) is 31.1 Å². The Morgan fingerprint density at radius 3 is 1.79 bits per heavy atom. The summed E-state index contributed by atoms with van der Waals surface area (Å²) in [7, 11) is 0. The van der Waals surface area contributed by atoms with Gasteiger partial charge in [-0.15, -0.1) is 0 Å². The number of hydrogen-bond donors (Lipinski definition) is 1. The molecule has 1 saturated heterocycles. The van der Waals surface area contributed by atoms with Crippen molar-refractivity contribution < 1.29 is 31.1 Å². The van der Waals surface area contributed by atoms with Gasteiger partial charge in [-0.25, -0.2) is 0 Å². The van der Waals surface area contributed by atoms with Gasteiger partial charge in [0.1, 0.15) is 0 Å². The Hall–Kier alpha value is -1.03. The molecule has 0 spiro atoms. The van der Waals surface area contributed by atoms with Gasteiger partial charge in [0.15, 0.2) is 0 Å². The van der Waals surface area contributed by atoms with Crippen LogP contribution in [0, 0.1) is 23.7 Å². The molecule has 3 unspecified atom stereocenters. The van der Waals surface area contributed by atoms with Crippen LogP contribution in [0.1, 0.15) is 89.9 Å². The van der Waals surface area contributed by atoms with Crippen molar-refractivity contribution in [3.63, 3.8) is 0 Å². The van der Waals surface area contributed by atoms with E-state index in [1.807, 2.05) is 0 Å². The topological polar surface area (TPSA) is 35.6 Å². The molecule has 4 aliphatic rings. The summed E-state index contributed by atoms with van der Waals surface area (Å²) < 4.78 is 80.1. The number of hydrogen-bond acceptors (Lipinski definition) is 3. The minimum Gasteiger partial charge on any atom is -0.355 e. The monoisotopic (exact) mass is 553 g/mol. The zero-order valence-electron chi connectivity index (χ0n) is 22.5. The molecule has 0 aromatic carbocycles. The van der Waals surface area contributed by atoms with Gasteiger partial charge in [0, 0.05) is 38.8 Å². The lowest BCUT2D eigenvalue weighted by Gasteiger charge is -2.45. The van der Waals surface area contributed by atoms with E-state index in [1.54, 1.807) is 0 Å². The summed E-state index contributed by atoms with van der Waals surface area (Å²) in [5.74, 6) is -4.41. The lowest BCUT2D eigenvalue weighted by molar-refractivity contribution is -0.228. The van der Waals surface area contributed by atoms with Crippen molar-refractivity contribution in [2.24, 2.45) is 23.7 Å². The van der Waals surface area contributed by atoms with Gasteiger partial charge < -0.3 is 5.32 Å². The Bertz CT molecular complexity index is 718. The van der Waals surface area contributed by atoms with Crippen molar-refractivity contribution in [2.45, 2.75) is 114 Å². The normalized spacial score (nSPS) is 30.7. The number of rotatable bonds is 7. The first-order valence-corrected chi connectivity index (χ1v) is 14.9. The fourth-order valence-electron chi connectivity index (χ4n) is 7.67. The van der Waals surface area contributed by atoms with Crippen LogP contribution < -0.4 is 5.32 Å². The molecule has 1 N–H and O–H groups in total. The maximum atomic E-state index is 13.5. The van der Waals surface area contributed by atoms with Crippen molar-refractivity contribution in [1.82, 2.24) is 15.1 Å². The van der Waals surface area contributed by atoms with Crippen molar-refractivity contribution in [3.8, 4) is 0 Å². The zero-order valence-corrected chi connectivity index (χ0v) is 22.5. The lowest BCUT2D eigenvalue weighted by atomic mass is 9.73. The molecule has 4 fully saturated rings. The fraction of sp³-hybridized carbons (Fsp3) is 0.964. The quantitative estimate of drug-likeness (QED) is 0.363. The van der Waals surface area contributed by atoms with Crippen molar-refractivity contribution in [3.05, 3.63) is 0 Å². The summed E-state index contributed by atoms with van der Waals surface area (Å²) in [6, 6.07) is 0.380. The van der Waals surface area contributed by atoms with E-state index in [1.165, 1.54) is 38.5 Å². The van der Waals surface area contributed by atoms with Crippen LogP contribution in [0.15, 0.2) is 0 Å². The number of amides is 1. The number of nitrogens with zero attached hydrogens (tertiary/aromatic N) is 2. The highest BCUT2D eigenvalue weighted by atomic mass is 19.4. The number of halogens is 6. The highest BCUT2D eigenvalue weighted by Gasteiger charge is 2.51. The third kappa shape index (κ3) is 8.01. The number of nitrogens with one attached hydrogen (secondary N) is 1. The minimum absolute atomic E-state index is 0.0985. The van der Waals surface area contributed by atoms with Gasteiger partial charge in [-0.05, 0) is 63.2 Å². The molecule has 3 aliphatic carbocycles. The van der Waals surface area contributed by atoms with Gasteiger partial charge in [0.05, 0.1) is 17.9 Å². The van der Waals surface area contributed by atoms with E-state index >= 15 is 0 Å². The Labute approximate surface area is 223 Å². The van der Waals surface area contributed by atoms with Gasteiger partial charge in [0.25, 0.3) is 0 Å². The minimum atomic E-state index is -4.63. The third-order valence-corrected chi connectivity index (χ3v) is 9.78. The number of piperazine rings is 1. The second-order valence-electron chi connectivity index (χ2n) is 12.3. The molecule has 0 bridgehead atoms. The molecule has 0 radical (unpaired) electrons. The van der Waals surface area contributed by atoms with Gasteiger partial charge >= 0.3 is 12.4 Å². The molecular weight excluding hydrogens is 508 g/mol. The van der Waals surface area contributed by atoms with Crippen molar-refractivity contribution >= 4 is 5.91 Å². The molecule has 3 saturated carbocycles. The molecule has 10 heteroatoms. The molecular formula is C28H45F6N3O. The van der Waals surface area contributed by atoms with Crippen LogP contribution in [-0.4, -0.2) is 72.9 Å². The van der Waals surface area contributed by atoms with Gasteiger partial charge in [-0.3, -0.25) is 14.6 Å². The summed E-state index contributed by atoms with van der Waals surface area (Å²) in [6.07, 6.45) is 1.15. The summed E-state index contributed by atoms with van der Waals surface area (Å²) >= 11 is 0. The highest BCUT2D eigenvalue weighted by molar-refractivity contribution is 5.82. The molecule has 38 heavy (non-hydrogen) atoms. The maximum absolute atomic E-state index is 13.5. The molecule has 0 aromatic heterocycles. The fourth-order valence-corrected chi connectivity index (χ4v) is 7.67. The molecule has 1 aliphatic heterocycles. The Morgan fingerprint density at radius 1 is 0.737 bits per heavy atom. The number of alkyl halides is 6. The summed E-state index contributed by atoms with van der Waals surface area (Å²) in [5, 5.41) is 2.95. The summed E-state index contributed by atoms with van der Waals surface area (Å²) in [4.78, 5) is 18.4. The zero-order chi connectivity index (χ0) is 27.3. The van der Waals surface area contributed by atoms with E-state index in [0.717, 1.165) is 51.9 Å². The second-order valence-corrected chi connectivity index (χ2v) is 12.3. The summed E-state index contributed by atoms with van der Waals surface area (Å²) in [6.45, 7) is 3.67. The molecule has 1 heterocycles. The van der Waals surface area contributed by atoms with Crippen LogP contribution in [0.4, 0.5) is 26.3 Å². The van der Waals surface area contributed by atoms with Crippen LogP contribution >= 0.6 is 0 Å². The molecule has 1 amide bonds. The smallest absolute Gasteiger partial charge is 0.355 e.